The molecule has 16 heavy (non-hydrogen) atoms. The summed E-state index contributed by atoms with van der Waals surface area (Å²) in [6, 6.07) is 3.80. The van der Waals surface area contributed by atoms with E-state index >= 15 is 0 Å². The lowest BCUT2D eigenvalue weighted by Gasteiger charge is -2.15. The zero-order chi connectivity index (χ0) is 12.3. The van der Waals surface area contributed by atoms with E-state index in [0.29, 0.717) is 4.47 Å². The maximum Gasteiger partial charge on any atom is 0.404 e. The SMILES string of the molecule is Fc1ccc(Br)cc1OCC(Br)C(F)(F)F. The molecule has 7 heteroatoms. The molecule has 0 fully saturated rings. The molecule has 0 aliphatic rings. The Morgan fingerprint density at radius 2 is 1.94 bits per heavy atom. The van der Waals surface area contributed by atoms with Crippen molar-refractivity contribution in [2.75, 3.05) is 6.61 Å². The summed E-state index contributed by atoms with van der Waals surface area (Å²) in [6.07, 6.45) is -4.41. The van der Waals surface area contributed by atoms with Crippen LogP contribution in [0.4, 0.5) is 17.6 Å². The highest BCUT2D eigenvalue weighted by Gasteiger charge is 2.38. The molecular formula is C9H6Br2F4O. The number of ether oxygens (including phenoxy) is 1. The number of rotatable bonds is 3. The van der Waals surface area contributed by atoms with Crippen LogP contribution in [0.1, 0.15) is 0 Å². The van der Waals surface area contributed by atoms with E-state index < -0.39 is 23.4 Å². The third kappa shape index (κ3) is 3.93. The van der Waals surface area contributed by atoms with Gasteiger partial charge in [0.1, 0.15) is 11.4 Å². The minimum absolute atomic E-state index is 0.219. The summed E-state index contributed by atoms with van der Waals surface area (Å²) in [6.45, 7) is -0.684. The zero-order valence-corrected chi connectivity index (χ0v) is 10.9. The lowest BCUT2D eigenvalue weighted by Crippen LogP contribution is -2.29. The number of benzene rings is 1. The van der Waals surface area contributed by atoms with Crippen molar-refractivity contribution in [3.05, 3.63) is 28.5 Å². The second kappa shape index (κ2) is 5.35. The predicted octanol–water partition coefficient (Wildman–Crippen LogP) is 4.29. The van der Waals surface area contributed by atoms with Gasteiger partial charge in [-0.2, -0.15) is 13.2 Å². The highest BCUT2D eigenvalue weighted by atomic mass is 79.9. The van der Waals surface area contributed by atoms with E-state index in [4.69, 9.17) is 4.74 Å². The average Bonchev–Trinajstić information content (AvgIpc) is 2.17. The normalized spacial score (nSPS) is 13.6. The van der Waals surface area contributed by atoms with Crippen LogP contribution in [0.25, 0.3) is 0 Å². The summed E-state index contributed by atoms with van der Waals surface area (Å²) in [5.41, 5.74) is 0. The standard InChI is InChI=1S/C9H6Br2F4O/c10-5-1-2-6(12)7(3-5)16-4-8(11)9(13,14)15/h1-3,8H,4H2. The second-order valence-electron chi connectivity index (χ2n) is 2.89. The van der Waals surface area contributed by atoms with Crippen molar-refractivity contribution in [1.29, 1.82) is 0 Å². The first kappa shape index (κ1) is 13.8. The second-order valence-corrected chi connectivity index (χ2v) is 4.92. The molecule has 0 saturated carbocycles. The molecule has 1 nitrogen and oxygen atoms in total. The molecule has 0 heterocycles. The first-order valence-electron chi connectivity index (χ1n) is 4.09. The minimum Gasteiger partial charge on any atom is -0.489 e. The molecule has 0 radical (unpaired) electrons. The lowest BCUT2D eigenvalue weighted by atomic mass is 10.3. The molecule has 1 aromatic carbocycles. The highest BCUT2D eigenvalue weighted by Crippen LogP contribution is 2.28. The smallest absolute Gasteiger partial charge is 0.404 e. The van der Waals surface area contributed by atoms with Crippen molar-refractivity contribution >= 4 is 31.9 Å². The summed E-state index contributed by atoms with van der Waals surface area (Å²) < 4.78 is 54.6. The van der Waals surface area contributed by atoms with Crippen LogP contribution >= 0.6 is 31.9 Å². The van der Waals surface area contributed by atoms with E-state index in [9.17, 15) is 17.6 Å². The Bertz CT molecular complexity index is 367. The summed E-state index contributed by atoms with van der Waals surface area (Å²) in [4.78, 5) is -1.82. The largest absolute Gasteiger partial charge is 0.489 e. The molecule has 0 aliphatic carbocycles. The molecule has 1 rings (SSSR count). The highest BCUT2D eigenvalue weighted by molar-refractivity contribution is 9.10. The number of alkyl halides is 4. The van der Waals surface area contributed by atoms with Crippen molar-refractivity contribution in [3.63, 3.8) is 0 Å². The zero-order valence-electron chi connectivity index (χ0n) is 7.69. The molecule has 90 valence electrons. The van der Waals surface area contributed by atoms with Gasteiger partial charge in [0, 0.05) is 4.47 Å². The summed E-state index contributed by atoms with van der Waals surface area (Å²) >= 11 is 5.48. The van der Waals surface area contributed by atoms with Crippen LogP contribution in [0.15, 0.2) is 22.7 Å². The number of hydrogen-bond acceptors (Lipinski definition) is 1. The van der Waals surface area contributed by atoms with E-state index in [1.165, 1.54) is 12.1 Å². The molecular weight excluding hydrogens is 360 g/mol. The van der Waals surface area contributed by atoms with E-state index in [1.807, 2.05) is 0 Å². The Morgan fingerprint density at radius 3 is 2.50 bits per heavy atom. The van der Waals surface area contributed by atoms with Crippen LogP contribution in [-0.4, -0.2) is 17.6 Å². The molecule has 0 N–H and O–H groups in total. The molecule has 1 atom stereocenters. The van der Waals surface area contributed by atoms with Crippen LogP contribution in [0, 0.1) is 5.82 Å². The third-order valence-corrected chi connectivity index (χ3v) is 2.91. The Kier molecular flexibility index (Phi) is 4.61. The maximum absolute atomic E-state index is 13.1. The summed E-state index contributed by atoms with van der Waals surface area (Å²) in [7, 11) is 0. The van der Waals surface area contributed by atoms with Crippen molar-refractivity contribution in [2.45, 2.75) is 11.0 Å². The van der Waals surface area contributed by atoms with E-state index in [1.54, 1.807) is 0 Å². The van der Waals surface area contributed by atoms with Crippen LogP contribution in [0.3, 0.4) is 0 Å². The quantitative estimate of drug-likeness (QED) is 0.573. The molecule has 0 spiro atoms. The van der Waals surface area contributed by atoms with Crippen molar-refractivity contribution in [2.24, 2.45) is 0 Å². The van der Waals surface area contributed by atoms with E-state index in [2.05, 4.69) is 31.9 Å². The summed E-state index contributed by atoms with van der Waals surface area (Å²) in [5.74, 6) is -0.923. The number of halogens is 6. The van der Waals surface area contributed by atoms with Gasteiger partial charge in [-0.3, -0.25) is 0 Å². The maximum atomic E-state index is 13.1. The van der Waals surface area contributed by atoms with Crippen LogP contribution in [0.2, 0.25) is 0 Å². The topological polar surface area (TPSA) is 9.23 Å². The molecule has 1 aromatic rings. The Labute approximate surface area is 106 Å². The van der Waals surface area contributed by atoms with Gasteiger partial charge in [-0.15, -0.1) is 0 Å². The van der Waals surface area contributed by atoms with Gasteiger partial charge in [-0.1, -0.05) is 31.9 Å². The van der Waals surface area contributed by atoms with E-state index in [-0.39, 0.29) is 5.75 Å². The van der Waals surface area contributed by atoms with Crippen molar-refractivity contribution < 1.29 is 22.3 Å². The van der Waals surface area contributed by atoms with E-state index in [0.717, 1.165) is 6.07 Å². The fourth-order valence-corrected chi connectivity index (χ4v) is 1.32. The number of hydrogen-bond donors (Lipinski definition) is 0. The fourth-order valence-electron chi connectivity index (χ4n) is 0.845. The molecule has 0 amide bonds. The Morgan fingerprint density at radius 1 is 1.31 bits per heavy atom. The van der Waals surface area contributed by atoms with Gasteiger partial charge < -0.3 is 4.74 Å². The first-order valence-corrected chi connectivity index (χ1v) is 5.80. The third-order valence-electron chi connectivity index (χ3n) is 1.63. The van der Waals surface area contributed by atoms with Gasteiger partial charge >= 0.3 is 6.18 Å². The summed E-state index contributed by atoms with van der Waals surface area (Å²) in [5, 5.41) is 0. The van der Waals surface area contributed by atoms with Gasteiger partial charge in [-0.05, 0) is 18.2 Å². The Balaban J connectivity index is 2.64. The molecule has 0 bridgehead atoms. The van der Waals surface area contributed by atoms with Gasteiger partial charge in [0.2, 0.25) is 0 Å². The molecule has 0 saturated heterocycles. The van der Waals surface area contributed by atoms with Gasteiger partial charge in [0.05, 0.1) is 0 Å². The Hall–Kier alpha value is -0.300. The van der Waals surface area contributed by atoms with Gasteiger partial charge in [0.15, 0.2) is 11.6 Å². The minimum atomic E-state index is -4.41. The molecule has 1 unspecified atom stereocenters. The molecule has 0 aromatic heterocycles. The monoisotopic (exact) mass is 364 g/mol. The van der Waals surface area contributed by atoms with Gasteiger partial charge in [-0.25, -0.2) is 4.39 Å². The van der Waals surface area contributed by atoms with Crippen LogP contribution < -0.4 is 4.74 Å². The predicted molar refractivity (Wildman–Crippen MR) is 58.4 cm³/mol. The lowest BCUT2D eigenvalue weighted by molar-refractivity contribution is -0.132. The van der Waals surface area contributed by atoms with Crippen molar-refractivity contribution in [3.8, 4) is 5.75 Å². The van der Waals surface area contributed by atoms with Gasteiger partial charge in [0.25, 0.3) is 0 Å². The van der Waals surface area contributed by atoms with Crippen LogP contribution in [-0.2, 0) is 0 Å². The van der Waals surface area contributed by atoms with Crippen LogP contribution in [0.5, 0.6) is 5.75 Å². The fraction of sp³-hybridized carbons (Fsp3) is 0.333. The average molecular weight is 366 g/mol. The van der Waals surface area contributed by atoms with Crippen molar-refractivity contribution in [1.82, 2.24) is 0 Å². The first-order chi connectivity index (χ1) is 7.30. The molecule has 0 aliphatic heterocycles.